The summed E-state index contributed by atoms with van der Waals surface area (Å²) in [7, 11) is 0. The molecule has 1 amide bonds. The third-order valence-corrected chi connectivity index (χ3v) is 4.34. The average molecular weight is 222 g/mol. The lowest BCUT2D eigenvalue weighted by Gasteiger charge is -2.14. The first-order chi connectivity index (χ1) is 7.78. The van der Waals surface area contributed by atoms with Gasteiger partial charge in [0, 0.05) is 25.6 Å². The highest BCUT2D eigenvalue weighted by Crippen LogP contribution is 2.60. The third-order valence-electron chi connectivity index (χ3n) is 4.34. The van der Waals surface area contributed by atoms with E-state index < -0.39 is 0 Å². The van der Waals surface area contributed by atoms with Crippen molar-refractivity contribution < 1.29 is 4.79 Å². The van der Waals surface area contributed by atoms with E-state index in [-0.39, 0.29) is 5.91 Å². The standard InChI is InChI=1S/C13H22N2O/c16-12(5-8-14-11-3-4-11)15-9-13(6-7-13)10-1-2-10/h10-11,14H,1-9H2,(H,15,16). The monoisotopic (exact) mass is 222 g/mol. The average Bonchev–Trinajstić information content (AvgIpc) is 3.14. The molecule has 3 heteroatoms. The van der Waals surface area contributed by atoms with Crippen LogP contribution < -0.4 is 10.6 Å². The molecule has 3 rings (SSSR count). The van der Waals surface area contributed by atoms with Crippen molar-refractivity contribution >= 4 is 5.91 Å². The number of hydrogen-bond acceptors (Lipinski definition) is 2. The summed E-state index contributed by atoms with van der Waals surface area (Å²) >= 11 is 0. The molecule has 0 aliphatic heterocycles. The molecule has 16 heavy (non-hydrogen) atoms. The maximum Gasteiger partial charge on any atom is 0.221 e. The molecule has 0 spiro atoms. The molecule has 3 nitrogen and oxygen atoms in total. The van der Waals surface area contributed by atoms with Crippen molar-refractivity contribution in [1.29, 1.82) is 0 Å². The van der Waals surface area contributed by atoms with Gasteiger partial charge in [0.15, 0.2) is 0 Å². The Labute approximate surface area is 97.4 Å². The molecule has 0 aromatic heterocycles. The fraction of sp³-hybridized carbons (Fsp3) is 0.923. The molecule has 0 atom stereocenters. The van der Waals surface area contributed by atoms with Crippen LogP contribution in [0.25, 0.3) is 0 Å². The van der Waals surface area contributed by atoms with Crippen molar-refractivity contribution in [3.63, 3.8) is 0 Å². The van der Waals surface area contributed by atoms with Crippen LogP contribution in [0.15, 0.2) is 0 Å². The Balaban J connectivity index is 1.30. The number of amides is 1. The molecule has 90 valence electrons. The van der Waals surface area contributed by atoms with E-state index in [0.717, 1.165) is 19.0 Å². The van der Waals surface area contributed by atoms with Crippen LogP contribution in [0, 0.1) is 11.3 Å². The number of hydrogen-bond donors (Lipinski definition) is 2. The first-order valence-electron chi connectivity index (χ1n) is 6.79. The molecule has 3 aliphatic rings. The summed E-state index contributed by atoms with van der Waals surface area (Å²) < 4.78 is 0. The molecule has 3 saturated carbocycles. The highest BCUT2D eigenvalue weighted by Gasteiger charge is 2.53. The van der Waals surface area contributed by atoms with Gasteiger partial charge >= 0.3 is 0 Å². The van der Waals surface area contributed by atoms with E-state index in [1.54, 1.807) is 0 Å². The SMILES string of the molecule is O=C(CCNC1CC1)NCC1(C2CC2)CC1. The normalized spacial score (nSPS) is 26.5. The fourth-order valence-corrected chi connectivity index (χ4v) is 2.63. The van der Waals surface area contributed by atoms with Crippen LogP contribution in [-0.4, -0.2) is 25.0 Å². The lowest BCUT2D eigenvalue weighted by atomic mass is 10.0. The molecule has 0 saturated heterocycles. The molecule has 2 N–H and O–H groups in total. The summed E-state index contributed by atoms with van der Waals surface area (Å²) in [6.45, 7) is 1.80. The Hall–Kier alpha value is -0.570. The second kappa shape index (κ2) is 4.02. The first kappa shape index (κ1) is 10.6. The molecular formula is C13H22N2O. The molecular weight excluding hydrogens is 200 g/mol. The van der Waals surface area contributed by atoms with Gasteiger partial charge in [0.1, 0.15) is 0 Å². The lowest BCUT2D eigenvalue weighted by Crippen LogP contribution is -2.33. The topological polar surface area (TPSA) is 41.1 Å². The Morgan fingerprint density at radius 2 is 1.94 bits per heavy atom. The van der Waals surface area contributed by atoms with Crippen LogP contribution in [-0.2, 0) is 4.79 Å². The Kier molecular flexibility index (Phi) is 2.66. The van der Waals surface area contributed by atoms with Crippen LogP contribution in [0.4, 0.5) is 0 Å². The second-order valence-corrected chi connectivity index (χ2v) is 5.89. The molecule has 3 aliphatic carbocycles. The maximum atomic E-state index is 11.6. The predicted molar refractivity (Wildman–Crippen MR) is 63.0 cm³/mol. The molecule has 0 aromatic carbocycles. The van der Waals surface area contributed by atoms with E-state index in [2.05, 4.69) is 10.6 Å². The van der Waals surface area contributed by atoms with Crippen LogP contribution in [0.3, 0.4) is 0 Å². The smallest absolute Gasteiger partial charge is 0.221 e. The number of carbonyl (C=O) groups is 1. The van der Waals surface area contributed by atoms with Gasteiger partial charge < -0.3 is 10.6 Å². The van der Waals surface area contributed by atoms with Crippen LogP contribution in [0.1, 0.15) is 44.9 Å². The van der Waals surface area contributed by atoms with Gasteiger partial charge in [0.05, 0.1) is 0 Å². The van der Waals surface area contributed by atoms with E-state index in [1.807, 2.05) is 0 Å². The van der Waals surface area contributed by atoms with Crippen LogP contribution >= 0.6 is 0 Å². The van der Waals surface area contributed by atoms with Crippen LogP contribution in [0.2, 0.25) is 0 Å². The summed E-state index contributed by atoms with van der Waals surface area (Å²) in [5, 5.41) is 6.50. The summed E-state index contributed by atoms with van der Waals surface area (Å²) in [5.74, 6) is 1.18. The first-order valence-corrected chi connectivity index (χ1v) is 6.79. The van der Waals surface area contributed by atoms with Gasteiger partial charge in [-0.15, -0.1) is 0 Å². The summed E-state index contributed by atoms with van der Waals surface area (Å²) in [4.78, 5) is 11.6. The van der Waals surface area contributed by atoms with E-state index >= 15 is 0 Å². The van der Waals surface area contributed by atoms with E-state index in [4.69, 9.17) is 0 Å². The zero-order valence-electron chi connectivity index (χ0n) is 9.93. The van der Waals surface area contributed by atoms with Crippen molar-refractivity contribution in [3.05, 3.63) is 0 Å². The zero-order chi connectivity index (χ0) is 11.0. The maximum absolute atomic E-state index is 11.6. The minimum Gasteiger partial charge on any atom is -0.355 e. The molecule has 0 radical (unpaired) electrons. The number of nitrogens with one attached hydrogen (secondary N) is 2. The van der Waals surface area contributed by atoms with Gasteiger partial charge in [-0.05, 0) is 49.9 Å². The third kappa shape index (κ3) is 2.57. The largest absolute Gasteiger partial charge is 0.355 e. The molecule has 0 unspecified atom stereocenters. The minimum absolute atomic E-state index is 0.236. The summed E-state index contributed by atoms with van der Waals surface area (Å²) in [5.41, 5.74) is 0.541. The van der Waals surface area contributed by atoms with Crippen molar-refractivity contribution in [2.45, 2.75) is 51.0 Å². The van der Waals surface area contributed by atoms with Gasteiger partial charge in [-0.1, -0.05) is 0 Å². The summed E-state index contributed by atoms with van der Waals surface area (Å²) in [6.07, 6.45) is 8.74. The van der Waals surface area contributed by atoms with Gasteiger partial charge in [0.2, 0.25) is 5.91 Å². The van der Waals surface area contributed by atoms with Crippen molar-refractivity contribution in [2.75, 3.05) is 13.1 Å². The Morgan fingerprint density at radius 3 is 2.50 bits per heavy atom. The van der Waals surface area contributed by atoms with Gasteiger partial charge in [0.25, 0.3) is 0 Å². The second-order valence-electron chi connectivity index (χ2n) is 5.89. The minimum atomic E-state index is 0.236. The zero-order valence-corrected chi connectivity index (χ0v) is 9.93. The van der Waals surface area contributed by atoms with Gasteiger partial charge in [-0.2, -0.15) is 0 Å². The molecule has 0 aromatic rings. The highest BCUT2D eigenvalue weighted by atomic mass is 16.1. The van der Waals surface area contributed by atoms with Gasteiger partial charge in [-0.25, -0.2) is 0 Å². The molecule has 0 heterocycles. The van der Waals surface area contributed by atoms with Crippen molar-refractivity contribution in [2.24, 2.45) is 11.3 Å². The van der Waals surface area contributed by atoms with E-state index in [9.17, 15) is 4.79 Å². The van der Waals surface area contributed by atoms with Crippen LogP contribution in [0.5, 0.6) is 0 Å². The lowest BCUT2D eigenvalue weighted by molar-refractivity contribution is -0.121. The fourth-order valence-electron chi connectivity index (χ4n) is 2.63. The van der Waals surface area contributed by atoms with E-state index in [1.165, 1.54) is 38.5 Å². The molecule has 0 bridgehead atoms. The number of carbonyl (C=O) groups excluding carboxylic acids is 1. The van der Waals surface area contributed by atoms with Crippen molar-refractivity contribution in [3.8, 4) is 0 Å². The number of rotatable bonds is 7. The van der Waals surface area contributed by atoms with Crippen molar-refractivity contribution in [1.82, 2.24) is 10.6 Å². The predicted octanol–water partition coefficient (Wildman–Crippen LogP) is 1.43. The van der Waals surface area contributed by atoms with E-state index in [0.29, 0.717) is 17.9 Å². The Bertz CT molecular complexity index is 278. The quantitative estimate of drug-likeness (QED) is 0.684. The Morgan fingerprint density at radius 1 is 1.19 bits per heavy atom. The summed E-state index contributed by atoms with van der Waals surface area (Å²) in [6, 6.07) is 0.717. The highest BCUT2D eigenvalue weighted by molar-refractivity contribution is 5.76. The molecule has 3 fully saturated rings. The van der Waals surface area contributed by atoms with Gasteiger partial charge in [-0.3, -0.25) is 4.79 Å².